The van der Waals surface area contributed by atoms with Crippen LogP contribution in [0, 0.1) is 5.82 Å². The van der Waals surface area contributed by atoms with Gasteiger partial charge in [0.05, 0.1) is 23.7 Å². The first-order chi connectivity index (χ1) is 12.6. The van der Waals surface area contributed by atoms with Crippen molar-refractivity contribution in [1.82, 2.24) is 14.8 Å². The van der Waals surface area contributed by atoms with E-state index >= 15 is 0 Å². The largest absolute Gasteiger partial charge is 0.548 e. The van der Waals surface area contributed by atoms with E-state index in [0.29, 0.717) is 11.5 Å². The second-order valence-corrected chi connectivity index (χ2v) is 5.45. The van der Waals surface area contributed by atoms with E-state index in [1.807, 2.05) is 0 Å². The van der Waals surface area contributed by atoms with Crippen molar-refractivity contribution in [2.75, 3.05) is 5.32 Å². The number of alkyl halides is 3. The minimum absolute atomic E-state index is 0.129. The Balaban J connectivity index is 1.88. The number of rotatable bonds is 4. The van der Waals surface area contributed by atoms with Crippen LogP contribution in [0.2, 0.25) is 0 Å². The third-order valence-corrected chi connectivity index (χ3v) is 3.45. The highest BCUT2D eigenvalue weighted by Crippen LogP contribution is 2.28. The Bertz CT molecular complexity index is 1050. The van der Waals surface area contributed by atoms with Crippen molar-refractivity contribution in [2.24, 2.45) is 0 Å². The molecule has 0 atom stereocenters. The Morgan fingerprint density at radius 3 is 2.63 bits per heavy atom. The van der Waals surface area contributed by atoms with Gasteiger partial charge in [-0.1, -0.05) is 6.07 Å². The van der Waals surface area contributed by atoms with Crippen LogP contribution in [-0.2, 0) is 17.5 Å². The summed E-state index contributed by atoms with van der Waals surface area (Å²) in [7, 11) is 0. The summed E-state index contributed by atoms with van der Waals surface area (Å²) in [4.78, 5) is 25.9. The lowest BCUT2D eigenvalue weighted by Crippen LogP contribution is -2.27. The molecule has 0 radical (unpaired) electrons. The van der Waals surface area contributed by atoms with Gasteiger partial charge in [-0.05, 0) is 18.2 Å². The zero-order valence-electron chi connectivity index (χ0n) is 13.2. The summed E-state index contributed by atoms with van der Waals surface area (Å²) < 4.78 is 53.2. The van der Waals surface area contributed by atoms with Gasteiger partial charge in [0.15, 0.2) is 0 Å². The number of nitrogens with zero attached hydrogens (tertiary/aromatic N) is 3. The van der Waals surface area contributed by atoms with Gasteiger partial charge in [0.25, 0.3) is 5.91 Å². The first kappa shape index (κ1) is 18.3. The number of aliphatic carboxylic acids is 1. The second-order valence-electron chi connectivity index (χ2n) is 5.45. The maximum absolute atomic E-state index is 14.1. The van der Waals surface area contributed by atoms with Gasteiger partial charge in [0.2, 0.25) is 0 Å². The Morgan fingerprint density at radius 2 is 1.96 bits per heavy atom. The number of aromatic nitrogens is 3. The maximum Gasteiger partial charge on any atom is 0.433 e. The fourth-order valence-electron chi connectivity index (χ4n) is 2.31. The van der Waals surface area contributed by atoms with Gasteiger partial charge in [-0.25, -0.2) is 9.37 Å². The van der Waals surface area contributed by atoms with Crippen molar-refractivity contribution in [2.45, 2.75) is 12.7 Å². The predicted octanol–water partition coefficient (Wildman–Crippen LogP) is 1.59. The van der Waals surface area contributed by atoms with Gasteiger partial charge in [0.1, 0.15) is 17.2 Å². The van der Waals surface area contributed by atoms with Crippen molar-refractivity contribution in [3.63, 3.8) is 0 Å². The van der Waals surface area contributed by atoms with Crippen LogP contribution in [0.5, 0.6) is 0 Å². The number of hydrogen-bond donors (Lipinski definition) is 1. The molecular weight excluding hydrogens is 372 g/mol. The molecule has 0 aliphatic carbocycles. The normalized spacial score (nSPS) is 11.6. The van der Waals surface area contributed by atoms with Gasteiger partial charge >= 0.3 is 6.18 Å². The fraction of sp³-hybridized carbons (Fsp3) is 0.125. The minimum atomic E-state index is -4.73. The maximum atomic E-state index is 14.1. The standard InChI is InChI=1S/C16H10F4N4O3/c17-9-5-11-8(6-24(23-11)7-14(25)26)4-12(9)22-15(27)10-2-1-3-13(21-10)16(18,19)20/h1-6H,7H2,(H,22,27)(H,25,26)/p-1. The molecule has 7 nitrogen and oxygen atoms in total. The van der Waals surface area contributed by atoms with Crippen molar-refractivity contribution in [3.8, 4) is 0 Å². The number of pyridine rings is 1. The molecule has 11 heteroatoms. The third kappa shape index (κ3) is 4.02. The lowest BCUT2D eigenvalue weighted by molar-refractivity contribution is -0.306. The molecule has 0 fully saturated rings. The highest BCUT2D eigenvalue weighted by atomic mass is 19.4. The van der Waals surface area contributed by atoms with Crippen LogP contribution < -0.4 is 10.4 Å². The van der Waals surface area contributed by atoms with Crippen molar-refractivity contribution >= 4 is 28.5 Å². The summed E-state index contributed by atoms with van der Waals surface area (Å²) >= 11 is 0. The number of anilines is 1. The molecule has 0 unspecified atom stereocenters. The van der Waals surface area contributed by atoms with Gasteiger partial charge in [-0.3, -0.25) is 9.48 Å². The summed E-state index contributed by atoms with van der Waals surface area (Å²) in [5.74, 6) is -3.34. The number of benzene rings is 1. The molecule has 0 spiro atoms. The molecule has 1 N–H and O–H groups in total. The van der Waals surface area contributed by atoms with Gasteiger partial charge in [-0.2, -0.15) is 18.3 Å². The van der Waals surface area contributed by atoms with Crippen LogP contribution >= 0.6 is 0 Å². The van der Waals surface area contributed by atoms with Gasteiger partial charge < -0.3 is 15.2 Å². The lowest BCUT2D eigenvalue weighted by Gasteiger charge is -2.09. The van der Waals surface area contributed by atoms with E-state index in [1.54, 1.807) is 0 Å². The predicted molar refractivity (Wildman–Crippen MR) is 81.9 cm³/mol. The molecule has 3 rings (SSSR count). The van der Waals surface area contributed by atoms with Crippen LogP contribution in [0.15, 0.2) is 36.5 Å². The van der Waals surface area contributed by atoms with Crippen molar-refractivity contribution in [1.29, 1.82) is 0 Å². The molecular formula is C16H9F4N4O3-. The van der Waals surface area contributed by atoms with Crippen LogP contribution in [-0.4, -0.2) is 26.6 Å². The summed E-state index contributed by atoms with van der Waals surface area (Å²) in [6.45, 7) is -0.549. The molecule has 140 valence electrons. The number of amides is 1. The van der Waals surface area contributed by atoms with E-state index in [0.717, 1.165) is 22.9 Å². The quantitative estimate of drug-likeness (QED) is 0.692. The molecule has 0 aliphatic heterocycles. The fourth-order valence-corrected chi connectivity index (χ4v) is 2.31. The van der Waals surface area contributed by atoms with Gasteiger partial charge in [-0.15, -0.1) is 0 Å². The van der Waals surface area contributed by atoms with E-state index in [1.165, 1.54) is 12.3 Å². The molecule has 27 heavy (non-hydrogen) atoms. The average Bonchev–Trinajstić information content (AvgIpc) is 2.94. The molecule has 0 saturated heterocycles. The number of carbonyl (C=O) groups excluding carboxylic acids is 2. The smallest absolute Gasteiger partial charge is 0.433 e. The van der Waals surface area contributed by atoms with Crippen LogP contribution in [0.1, 0.15) is 16.2 Å². The molecule has 1 amide bonds. The van der Waals surface area contributed by atoms with Crippen molar-refractivity contribution < 1.29 is 32.3 Å². The number of fused-ring (bicyclic) bond motifs is 1. The molecule has 2 heterocycles. The van der Waals surface area contributed by atoms with Crippen LogP contribution in [0.3, 0.4) is 0 Å². The number of nitrogens with one attached hydrogen (secondary N) is 1. The average molecular weight is 381 g/mol. The highest BCUT2D eigenvalue weighted by Gasteiger charge is 2.33. The topological polar surface area (TPSA) is 99.9 Å². The summed E-state index contributed by atoms with van der Waals surface area (Å²) in [6, 6.07) is 4.90. The molecule has 3 aromatic rings. The third-order valence-electron chi connectivity index (χ3n) is 3.45. The molecule has 2 aromatic heterocycles. The zero-order chi connectivity index (χ0) is 19.8. The van der Waals surface area contributed by atoms with Crippen LogP contribution in [0.4, 0.5) is 23.2 Å². The van der Waals surface area contributed by atoms with E-state index in [2.05, 4.69) is 15.4 Å². The minimum Gasteiger partial charge on any atom is -0.548 e. The SMILES string of the molecule is O=C([O-])Cn1cc2cc(NC(=O)c3cccc(C(F)(F)F)n3)c(F)cc2n1. The van der Waals surface area contributed by atoms with E-state index in [9.17, 15) is 32.3 Å². The zero-order valence-corrected chi connectivity index (χ0v) is 13.2. The van der Waals surface area contributed by atoms with E-state index in [-0.39, 0.29) is 11.2 Å². The number of carboxylic acids is 1. The molecule has 0 aliphatic rings. The number of carbonyl (C=O) groups is 2. The first-order valence-electron chi connectivity index (χ1n) is 7.35. The van der Waals surface area contributed by atoms with E-state index < -0.39 is 41.8 Å². The number of carboxylic acid groups (broad SMARTS) is 1. The van der Waals surface area contributed by atoms with Crippen molar-refractivity contribution in [3.05, 3.63) is 53.7 Å². The summed E-state index contributed by atoms with van der Waals surface area (Å²) in [5.41, 5.74) is -1.99. The Labute approximate surface area is 148 Å². The van der Waals surface area contributed by atoms with Gasteiger partial charge in [0, 0.05) is 17.6 Å². The van der Waals surface area contributed by atoms with E-state index in [4.69, 9.17) is 0 Å². The lowest BCUT2D eigenvalue weighted by atomic mass is 10.2. The Hall–Kier alpha value is -3.50. The molecule has 0 saturated carbocycles. The number of halogens is 4. The second kappa shape index (κ2) is 6.67. The summed E-state index contributed by atoms with van der Waals surface area (Å²) in [6.07, 6.45) is -3.43. The Morgan fingerprint density at radius 1 is 1.22 bits per heavy atom. The summed E-state index contributed by atoms with van der Waals surface area (Å²) in [5, 5.41) is 16.9. The molecule has 1 aromatic carbocycles. The van der Waals surface area contributed by atoms with Crippen LogP contribution in [0.25, 0.3) is 10.9 Å². The monoisotopic (exact) mass is 381 g/mol. The Kier molecular flexibility index (Phi) is 4.52. The molecule has 0 bridgehead atoms. The number of hydrogen-bond acceptors (Lipinski definition) is 5. The first-order valence-corrected chi connectivity index (χ1v) is 7.35. The highest BCUT2D eigenvalue weighted by molar-refractivity contribution is 6.03.